The molecule has 1 atom stereocenters. The Kier molecular flexibility index (Phi) is 4.28. The lowest BCUT2D eigenvalue weighted by molar-refractivity contribution is -0.906. The van der Waals surface area contributed by atoms with E-state index in [0.29, 0.717) is 11.8 Å². The van der Waals surface area contributed by atoms with Gasteiger partial charge in [0.05, 0.1) is 26.2 Å². The molecule has 5 nitrogen and oxygen atoms in total. The van der Waals surface area contributed by atoms with Crippen LogP contribution < -0.4 is 4.90 Å². The predicted octanol–water partition coefficient (Wildman–Crippen LogP) is -0.399. The molecular formula is C15H22N3O2+. The van der Waals surface area contributed by atoms with Crippen LogP contribution in [0.5, 0.6) is 0 Å². The van der Waals surface area contributed by atoms with Gasteiger partial charge in [0, 0.05) is 12.8 Å². The Morgan fingerprint density at radius 1 is 1.40 bits per heavy atom. The van der Waals surface area contributed by atoms with Gasteiger partial charge >= 0.3 is 0 Å². The molecule has 108 valence electrons. The zero-order valence-corrected chi connectivity index (χ0v) is 11.8. The predicted molar refractivity (Wildman–Crippen MR) is 74.7 cm³/mol. The summed E-state index contributed by atoms with van der Waals surface area (Å²) in [6, 6.07) is 5.48. The first kappa shape index (κ1) is 13.5. The van der Waals surface area contributed by atoms with E-state index < -0.39 is 0 Å². The number of hydrogen-bond donors (Lipinski definition) is 1. The average Bonchev–Trinajstić information content (AvgIpc) is 3.01. The zero-order valence-electron chi connectivity index (χ0n) is 11.8. The summed E-state index contributed by atoms with van der Waals surface area (Å²) < 4.78 is 5.69. The molecule has 0 bridgehead atoms. The minimum Gasteiger partial charge on any atom is -0.372 e. The van der Waals surface area contributed by atoms with Gasteiger partial charge in [-0.15, -0.1) is 0 Å². The van der Waals surface area contributed by atoms with Crippen LogP contribution >= 0.6 is 0 Å². The Labute approximate surface area is 119 Å². The van der Waals surface area contributed by atoms with Crippen molar-refractivity contribution in [2.45, 2.75) is 18.9 Å². The van der Waals surface area contributed by atoms with Crippen molar-refractivity contribution in [3.8, 4) is 0 Å². The third-order valence-electron chi connectivity index (χ3n) is 4.18. The van der Waals surface area contributed by atoms with Crippen LogP contribution in [-0.2, 0) is 4.74 Å². The van der Waals surface area contributed by atoms with Crippen LogP contribution in [0.15, 0.2) is 24.4 Å². The van der Waals surface area contributed by atoms with E-state index in [-0.39, 0.29) is 5.91 Å². The lowest BCUT2D eigenvalue weighted by Crippen LogP contribution is -3.15. The molecule has 2 fully saturated rings. The van der Waals surface area contributed by atoms with Gasteiger partial charge in [-0.25, -0.2) is 0 Å². The van der Waals surface area contributed by atoms with Crippen molar-refractivity contribution >= 4 is 5.91 Å². The largest absolute Gasteiger partial charge is 0.372 e. The highest BCUT2D eigenvalue weighted by atomic mass is 16.5. The number of rotatable bonds is 3. The molecule has 0 unspecified atom stereocenters. The third kappa shape index (κ3) is 3.16. The molecule has 0 spiro atoms. The number of carbonyl (C=O) groups excluding carboxylic acids is 1. The molecule has 2 saturated heterocycles. The number of nitrogens with one attached hydrogen (secondary N) is 1. The average molecular weight is 276 g/mol. The summed E-state index contributed by atoms with van der Waals surface area (Å²) in [5.74, 6) is 0.0572. The number of amides is 1. The minimum absolute atomic E-state index is 0.0572. The number of nitrogens with zero attached hydrogens (tertiary/aromatic N) is 2. The maximum atomic E-state index is 12.3. The van der Waals surface area contributed by atoms with Crippen LogP contribution in [0.3, 0.4) is 0 Å². The Morgan fingerprint density at radius 2 is 2.25 bits per heavy atom. The zero-order chi connectivity index (χ0) is 13.8. The lowest BCUT2D eigenvalue weighted by atomic mass is 10.2. The third-order valence-corrected chi connectivity index (χ3v) is 4.18. The van der Waals surface area contributed by atoms with Crippen molar-refractivity contribution in [3.05, 3.63) is 30.1 Å². The van der Waals surface area contributed by atoms with Crippen LogP contribution in [0.2, 0.25) is 0 Å². The Balaban J connectivity index is 1.49. The van der Waals surface area contributed by atoms with Gasteiger partial charge in [-0.1, -0.05) is 6.07 Å². The van der Waals surface area contributed by atoms with E-state index in [4.69, 9.17) is 4.74 Å². The molecule has 1 amide bonds. The molecule has 0 saturated carbocycles. The molecule has 0 aromatic carbocycles. The number of ether oxygens (including phenoxy) is 1. The van der Waals surface area contributed by atoms with E-state index in [2.05, 4.69) is 4.98 Å². The van der Waals surface area contributed by atoms with Crippen LogP contribution in [0.1, 0.15) is 23.3 Å². The van der Waals surface area contributed by atoms with Gasteiger partial charge in [0.1, 0.15) is 18.3 Å². The first-order chi connectivity index (χ1) is 9.83. The van der Waals surface area contributed by atoms with Crippen molar-refractivity contribution < 1.29 is 14.4 Å². The quantitative estimate of drug-likeness (QED) is 0.817. The second-order valence-corrected chi connectivity index (χ2v) is 5.60. The highest BCUT2D eigenvalue weighted by Crippen LogP contribution is 2.10. The normalized spacial score (nSPS) is 24.0. The van der Waals surface area contributed by atoms with E-state index >= 15 is 0 Å². The van der Waals surface area contributed by atoms with Crippen molar-refractivity contribution in [1.82, 2.24) is 9.88 Å². The van der Waals surface area contributed by atoms with Crippen LogP contribution in [0, 0.1) is 0 Å². The van der Waals surface area contributed by atoms with Gasteiger partial charge in [-0.05, 0) is 25.0 Å². The lowest BCUT2D eigenvalue weighted by Gasteiger charge is -2.33. The van der Waals surface area contributed by atoms with E-state index in [1.54, 1.807) is 17.2 Å². The molecule has 1 aromatic rings. The number of pyridine rings is 1. The fourth-order valence-electron chi connectivity index (χ4n) is 3.01. The van der Waals surface area contributed by atoms with Crippen LogP contribution in [0.25, 0.3) is 0 Å². The maximum absolute atomic E-state index is 12.3. The second kappa shape index (κ2) is 6.33. The molecule has 20 heavy (non-hydrogen) atoms. The highest BCUT2D eigenvalue weighted by molar-refractivity contribution is 5.92. The first-order valence-corrected chi connectivity index (χ1v) is 7.48. The summed E-state index contributed by atoms with van der Waals surface area (Å²) in [5, 5.41) is 0. The molecule has 2 aliphatic rings. The van der Waals surface area contributed by atoms with Gasteiger partial charge in [0.25, 0.3) is 5.91 Å². The van der Waals surface area contributed by atoms with E-state index in [9.17, 15) is 4.79 Å². The van der Waals surface area contributed by atoms with Crippen molar-refractivity contribution in [3.63, 3.8) is 0 Å². The monoisotopic (exact) mass is 276 g/mol. The van der Waals surface area contributed by atoms with Gasteiger partial charge in [0.2, 0.25) is 0 Å². The molecule has 3 heterocycles. The van der Waals surface area contributed by atoms with Crippen molar-refractivity contribution in [1.29, 1.82) is 0 Å². The molecule has 1 N–H and O–H groups in total. The van der Waals surface area contributed by atoms with Crippen LogP contribution in [-0.4, -0.2) is 61.2 Å². The second-order valence-electron chi connectivity index (χ2n) is 5.60. The highest BCUT2D eigenvalue weighted by Gasteiger charge is 2.28. The molecule has 0 aliphatic carbocycles. The summed E-state index contributed by atoms with van der Waals surface area (Å²) in [5.41, 5.74) is 0.551. The fourth-order valence-corrected chi connectivity index (χ4v) is 3.01. The van der Waals surface area contributed by atoms with E-state index in [0.717, 1.165) is 39.3 Å². The standard InChI is InChI=1S/C15H21N3O2/c19-15(14-5-1-2-6-16-14)18-9-7-17(8-10-18)12-13-4-3-11-20-13/h1-2,5-6,13H,3-4,7-12H2/p+1/t13-/m0/s1. The van der Waals surface area contributed by atoms with E-state index in [1.165, 1.54) is 12.8 Å². The number of aromatic nitrogens is 1. The van der Waals surface area contributed by atoms with Crippen molar-refractivity contribution in [2.24, 2.45) is 0 Å². The fraction of sp³-hybridized carbons (Fsp3) is 0.600. The molecule has 5 heteroatoms. The summed E-state index contributed by atoms with van der Waals surface area (Å²) in [6.45, 7) is 5.67. The van der Waals surface area contributed by atoms with Gasteiger partial charge in [0.15, 0.2) is 0 Å². The topological polar surface area (TPSA) is 46.9 Å². The number of hydrogen-bond acceptors (Lipinski definition) is 3. The Hall–Kier alpha value is -1.46. The van der Waals surface area contributed by atoms with E-state index in [1.807, 2.05) is 17.0 Å². The number of piperazine rings is 1. The summed E-state index contributed by atoms with van der Waals surface area (Å²) in [7, 11) is 0. The van der Waals surface area contributed by atoms with Gasteiger partial charge in [-0.2, -0.15) is 0 Å². The van der Waals surface area contributed by atoms with Gasteiger partial charge < -0.3 is 14.5 Å². The first-order valence-electron chi connectivity index (χ1n) is 7.48. The SMILES string of the molecule is O=C(c1ccccn1)N1CC[NH+](C[C@@H]2CCCO2)CC1. The Bertz CT molecular complexity index is 438. The number of quaternary nitrogens is 1. The minimum atomic E-state index is 0.0572. The van der Waals surface area contributed by atoms with Gasteiger partial charge in [-0.3, -0.25) is 9.78 Å². The summed E-state index contributed by atoms with van der Waals surface area (Å²) in [4.78, 5) is 19.9. The van der Waals surface area contributed by atoms with Crippen LogP contribution in [0.4, 0.5) is 0 Å². The Morgan fingerprint density at radius 3 is 2.90 bits per heavy atom. The smallest absolute Gasteiger partial charge is 0.272 e. The molecule has 0 radical (unpaired) electrons. The summed E-state index contributed by atoms with van der Waals surface area (Å²) in [6.07, 6.45) is 4.50. The molecule has 3 rings (SSSR count). The van der Waals surface area contributed by atoms with Crippen molar-refractivity contribution in [2.75, 3.05) is 39.3 Å². The maximum Gasteiger partial charge on any atom is 0.272 e. The number of carbonyl (C=O) groups is 1. The molecular weight excluding hydrogens is 254 g/mol. The molecule has 2 aliphatic heterocycles. The molecule has 1 aromatic heterocycles. The summed E-state index contributed by atoms with van der Waals surface area (Å²) >= 11 is 0.